The molecule has 0 unspecified atom stereocenters. The zero-order valence-corrected chi connectivity index (χ0v) is 11.3. The average molecular weight is 274 g/mol. The molecule has 20 heavy (non-hydrogen) atoms. The number of aryl methyl sites for hydroxylation is 2. The molecule has 0 fully saturated rings. The van der Waals surface area contributed by atoms with E-state index in [1.54, 1.807) is 31.2 Å². The Morgan fingerprint density at radius 2 is 1.90 bits per heavy atom. The third-order valence-electron chi connectivity index (χ3n) is 3.13. The minimum Gasteiger partial charge on any atom is -0.489 e. The first-order valence-electron chi connectivity index (χ1n) is 6.19. The maximum absolute atomic E-state index is 13.4. The number of aromatic carboxylic acids is 1. The molecule has 0 spiro atoms. The quantitative estimate of drug-likeness (QED) is 0.924. The Balaban J connectivity index is 2.10. The molecule has 0 heterocycles. The summed E-state index contributed by atoms with van der Waals surface area (Å²) in [6.07, 6.45) is 0. The number of carboxylic acids is 1. The van der Waals surface area contributed by atoms with Crippen LogP contribution in [0.25, 0.3) is 0 Å². The van der Waals surface area contributed by atoms with E-state index in [0.717, 1.165) is 11.1 Å². The molecule has 0 aliphatic rings. The summed E-state index contributed by atoms with van der Waals surface area (Å²) >= 11 is 0. The number of carbonyl (C=O) groups is 1. The lowest BCUT2D eigenvalue weighted by Gasteiger charge is -2.10. The number of halogens is 1. The second-order valence-electron chi connectivity index (χ2n) is 4.65. The first-order valence-corrected chi connectivity index (χ1v) is 6.19. The topological polar surface area (TPSA) is 46.5 Å². The fourth-order valence-electron chi connectivity index (χ4n) is 1.82. The Kier molecular flexibility index (Phi) is 4.03. The van der Waals surface area contributed by atoms with Gasteiger partial charge in [-0.25, -0.2) is 9.18 Å². The molecule has 0 bridgehead atoms. The first-order chi connectivity index (χ1) is 9.47. The van der Waals surface area contributed by atoms with Crippen LogP contribution in [0.1, 0.15) is 27.0 Å². The Hall–Kier alpha value is -2.36. The maximum Gasteiger partial charge on any atom is 0.335 e. The van der Waals surface area contributed by atoms with Crippen molar-refractivity contribution in [2.45, 2.75) is 20.5 Å². The van der Waals surface area contributed by atoms with Gasteiger partial charge in [-0.15, -0.1) is 0 Å². The molecule has 0 aromatic heterocycles. The Labute approximate surface area is 116 Å². The SMILES string of the molecule is Cc1ccc(OCc2ccc(C(=O)O)cc2C)cc1F. The van der Waals surface area contributed by atoms with E-state index in [1.807, 2.05) is 6.92 Å². The van der Waals surface area contributed by atoms with Crippen LogP contribution in [0, 0.1) is 19.7 Å². The van der Waals surface area contributed by atoms with Gasteiger partial charge in [-0.3, -0.25) is 0 Å². The standard InChI is InChI=1S/C16H15FO3/c1-10-3-6-14(8-15(10)17)20-9-13-5-4-12(16(18)19)7-11(13)2/h3-8H,9H2,1-2H3,(H,18,19). The van der Waals surface area contributed by atoms with Crippen molar-refractivity contribution in [2.24, 2.45) is 0 Å². The highest BCUT2D eigenvalue weighted by molar-refractivity contribution is 5.87. The van der Waals surface area contributed by atoms with Gasteiger partial charge in [-0.05, 0) is 48.7 Å². The number of benzene rings is 2. The number of rotatable bonds is 4. The monoisotopic (exact) mass is 274 g/mol. The Morgan fingerprint density at radius 1 is 1.15 bits per heavy atom. The van der Waals surface area contributed by atoms with Gasteiger partial charge in [0.05, 0.1) is 5.56 Å². The van der Waals surface area contributed by atoms with Crippen molar-refractivity contribution < 1.29 is 19.0 Å². The van der Waals surface area contributed by atoms with Crippen molar-refractivity contribution in [2.75, 3.05) is 0 Å². The predicted molar refractivity (Wildman–Crippen MR) is 73.6 cm³/mol. The van der Waals surface area contributed by atoms with Gasteiger partial charge >= 0.3 is 5.97 Å². The molecule has 1 N–H and O–H groups in total. The van der Waals surface area contributed by atoms with E-state index >= 15 is 0 Å². The predicted octanol–water partition coefficient (Wildman–Crippen LogP) is 3.72. The van der Waals surface area contributed by atoms with Crippen LogP contribution in [0.5, 0.6) is 5.75 Å². The molecule has 2 aromatic rings. The molecule has 104 valence electrons. The smallest absolute Gasteiger partial charge is 0.335 e. The molecule has 2 rings (SSSR count). The Bertz CT molecular complexity index is 650. The minimum atomic E-state index is -0.957. The molecule has 0 saturated heterocycles. The highest BCUT2D eigenvalue weighted by Gasteiger charge is 2.07. The third kappa shape index (κ3) is 3.15. The summed E-state index contributed by atoms with van der Waals surface area (Å²) < 4.78 is 18.9. The van der Waals surface area contributed by atoms with Crippen molar-refractivity contribution >= 4 is 5.97 Å². The lowest BCUT2D eigenvalue weighted by Crippen LogP contribution is -2.02. The molecular formula is C16H15FO3. The Morgan fingerprint density at radius 3 is 2.50 bits per heavy atom. The van der Waals surface area contributed by atoms with Gasteiger partial charge in [0.2, 0.25) is 0 Å². The van der Waals surface area contributed by atoms with Gasteiger partial charge in [0, 0.05) is 6.07 Å². The largest absolute Gasteiger partial charge is 0.489 e. The fraction of sp³-hybridized carbons (Fsp3) is 0.188. The molecule has 4 heteroatoms. The summed E-state index contributed by atoms with van der Waals surface area (Å²) in [7, 11) is 0. The van der Waals surface area contributed by atoms with Crippen LogP contribution in [0.4, 0.5) is 4.39 Å². The maximum atomic E-state index is 13.4. The second kappa shape index (κ2) is 5.74. The van der Waals surface area contributed by atoms with Gasteiger partial charge < -0.3 is 9.84 Å². The van der Waals surface area contributed by atoms with Crippen LogP contribution >= 0.6 is 0 Å². The third-order valence-corrected chi connectivity index (χ3v) is 3.13. The van der Waals surface area contributed by atoms with Gasteiger partial charge in [-0.1, -0.05) is 12.1 Å². The molecule has 0 amide bonds. The molecule has 0 saturated carbocycles. The van der Waals surface area contributed by atoms with Crippen LogP contribution in [0.3, 0.4) is 0 Å². The molecule has 3 nitrogen and oxygen atoms in total. The van der Waals surface area contributed by atoms with Gasteiger partial charge in [0.15, 0.2) is 0 Å². The van der Waals surface area contributed by atoms with Crippen molar-refractivity contribution in [1.29, 1.82) is 0 Å². The van der Waals surface area contributed by atoms with Crippen molar-refractivity contribution in [3.05, 3.63) is 64.5 Å². The van der Waals surface area contributed by atoms with Crippen LogP contribution < -0.4 is 4.74 Å². The zero-order valence-electron chi connectivity index (χ0n) is 11.3. The van der Waals surface area contributed by atoms with Crippen LogP contribution in [0.15, 0.2) is 36.4 Å². The van der Waals surface area contributed by atoms with E-state index in [-0.39, 0.29) is 18.0 Å². The summed E-state index contributed by atoms with van der Waals surface area (Å²) in [6, 6.07) is 9.55. The zero-order chi connectivity index (χ0) is 14.7. The normalized spacial score (nSPS) is 10.3. The lowest BCUT2D eigenvalue weighted by atomic mass is 10.1. The van der Waals surface area contributed by atoms with E-state index in [2.05, 4.69) is 0 Å². The van der Waals surface area contributed by atoms with E-state index < -0.39 is 5.97 Å². The molecular weight excluding hydrogens is 259 g/mol. The number of ether oxygens (including phenoxy) is 1. The van der Waals surface area contributed by atoms with Crippen molar-refractivity contribution in [3.8, 4) is 5.75 Å². The summed E-state index contributed by atoms with van der Waals surface area (Å²) in [5.74, 6) is -0.809. The summed E-state index contributed by atoms with van der Waals surface area (Å²) in [6.45, 7) is 3.78. The molecule has 0 aliphatic heterocycles. The van der Waals surface area contributed by atoms with Gasteiger partial charge in [0.1, 0.15) is 18.2 Å². The second-order valence-corrected chi connectivity index (χ2v) is 4.65. The van der Waals surface area contributed by atoms with E-state index in [4.69, 9.17) is 9.84 Å². The molecule has 0 radical (unpaired) electrons. The van der Waals surface area contributed by atoms with E-state index in [1.165, 1.54) is 12.1 Å². The van der Waals surface area contributed by atoms with E-state index in [0.29, 0.717) is 11.3 Å². The lowest BCUT2D eigenvalue weighted by molar-refractivity contribution is 0.0696. The number of carboxylic acid groups (broad SMARTS) is 1. The number of hydrogen-bond acceptors (Lipinski definition) is 2. The summed E-state index contributed by atoms with van der Waals surface area (Å²) in [5.41, 5.74) is 2.51. The summed E-state index contributed by atoms with van der Waals surface area (Å²) in [4.78, 5) is 10.8. The fourth-order valence-corrected chi connectivity index (χ4v) is 1.82. The molecule has 0 atom stereocenters. The minimum absolute atomic E-state index is 0.243. The van der Waals surface area contributed by atoms with Crippen LogP contribution in [-0.2, 0) is 6.61 Å². The van der Waals surface area contributed by atoms with Gasteiger partial charge in [-0.2, -0.15) is 0 Å². The van der Waals surface area contributed by atoms with Crippen molar-refractivity contribution in [3.63, 3.8) is 0 Å². The molecule has 0 aliphatic carbocycles. The highest BCUT2D eigenvalue weighted by Crippen LogP contribution is 2.19. The molecule has 2 aromatic carbocycles. The van der Waals surface area contributed by atoms with Gasteiger partial charge in [0.25, 0.3) is 0 Å². The summed E-state index contributed by atoms with van der Waals surface area (Å²) in [5, 5.41) is 8.89. The first kappa shape index (κ1) is 14.1. The van der Waals surface area contributed by atoms with Crippen molar-refractivity contribution in [1.82, 2.24) is 0 Å². The number of hydrogen-bond donors (Lipinski definition) is 1. The highest BCUT2D eigenvalue weighted by atomic mass is 19.1. The van der Waals surface area contributed by atoms with Crippen LogP contribution in [0.2, 0.25) is 0 Å². The van der Waals surface area contributed by atoms with E-state index in [9.17, 15) is 9.18 Å². The average Bonchev–Trinajstić information content (AvgIpc) is 2.41. The van der Waals surface area contributed by atoms with Crippen LogP contribution in [-0.4, -0.2) is 11.1 Å².